The summed E-state index contributed by atoms with van der Waals surface area (Å²) in [7, 11) is 0. The Labute approximate surface area is 218 Å². The SMILES string of the molecule is C=CC(=O)Nc1cc(-n2c(=O)ccc3cnc4ccc(Nc5ccc6ccncc6c5)cc4c32)ccc1C. The van der Waals surface area contributed by atoms with Crippen molar-refractivity contribution in [3.8, 4) is 5.69 Å². The summed E-state index contributed by atoms with van der Waals surface area (Å²) in [5, 5.41) is 10.1. The molecular weight excluding hydrogens is 474 g/mol. The van der Waals surface area contributed by atoms with E-state index >= 15 is 0 Å². The summed E-state index contributed by atoms with van der Waals surface area (Å²) in [6, 6.07) is 22.9. The van der Waals surface area contributed by atoms with Crippen molar-refractivity contribution in [2.24, 2.45) is 0 Å². The Kier molecular flexibility index (Phi) is 5.65. The predicted molar refractivity (Wildman–Crippen MR) is 153 cm³/mol. The Bertz CT molecular complexity index is 1960. The minimum absolute atomic E-state index is 0.185. The number of hydrogen-bond donors (Lipinski definition) is 2. The number of anilines is 3. The van der Waals surface area contributed by atoms with Gasteiger partial charge in [-0.1, -0.05) is 18.7 Å². The highest BCUT2D eigenvalue weighted by Crippen LogP contribution is 2.30. The van der Waals surface area contributed by atoms with Gasteiger partial charge in [0.05, 0.1) is 16.7 Å². The second-order valence-electron chi connectivity index (χ2n) is 9.06. The van der Waals surface area contributed by atoms with Gasteiger partial charge in [0.2, 0.25) is 5.91 Å². The summed E-state index contributed by atoms with van der Waals surface area (Å²) in [5.41, 5.74) is 5.23. The van der Waals surface area contributed by atoms with Crippen LogP contribution in [0.3, 0.4) is 0 Å². The van der Waals surface area contributed by atoms with Crippen LogP contribution >= 0.6 is 0 Å². The zero-order valence-electron chi connectivity index (χ0n) is 20.6. The maximum atomic E-state index is 13.3. The van der Waals surface area contributed by atoms with E-state index in [1.165, 1.54) is 12.1 Å². The number of aryl methyl sites for hydroxylation is 1. The molecule has 2 N–H and O–H groups in total. The van der Waals surface area contributed by atoms with Gasteiger partial charge in [-0.25, -0.2) is 0 Å². The second-order valence-corrected chi connectivity index (χ2v) is 9.06. The Morgan fingerprint density at radius 2 is 1.71 bits per heavy atom. The summed E-state index contributed by atoms with van der Waals surface area (Å²) < 4.78 is 1.66. The van der Waals surface area contributed by atoms with E-state index in [2.05, 4.69) is 39.3 Å². The number of nitrogens with zero attached hydrogens (tertiary/aromatic N) is 3. The van der Waals surface area contributed by atoms with E-state index in [1.807, 2.05) is 55.6 Å². The van der Waals surface area contributed by atoms with Crippen LogP contribution in [-0.2, 0) is 4.79 Å². The molecule has 38 heavy (non-hydrogen) atoms. The van der Waals surface area contributed by atoms with Crippen LogP contribution in [0.5, 0.6) is 0 Å². The van der Waals surface area contributed by atoms with Crippen molar-refractivity contribution < 1.29 is 4.79 Å². The highest BCUT2D eigenvalue weighted by Gasteiger charge is 2.13. The molecule has 0 aliphatic carbocycles. The van der Waals surface area contributed by atoms with Crippen LogP contribution in [0.15, 0.2) is 109 Å². The van der Waals surface area contributed by atoms with Gasteiger partial charge in [0.15, 0.2) is 0 Å². The zero-order valence-corrected chi connectivity index (χ0v) is 20.6. The lowest BCUT2D eigenvalue weighted by Crippen LogP contribution is -2.18. The van der Waals surface area contributed by atoms with E-state index in [0.29, 0.717) is 11.4 Å². The first-order chi connectivity index (χ1) is 18.5. The Hall–Kier alpha value is -5.30. The van der Waals surface area contributed by atoms with Gasteiger partial charge < -0.3 is 10.6 Å². The minimum atomic E-state index is -0.314. The zero-order chi connectivity index (χ0) is 26.2. The first-order valence-electron chi connectivity index (χ1n) is 12.1. The number of fused-ring (bicyclic) bond motifs is 4. The van der Waals surface area contributed by atoms with Crippen molar-refractivity contribution in [3.63, 3.8) is 0 Å². The molecule has 0 fully saturated rings. The van der Waals surface area contributed by atoms with Crippen LogP contribution in [-0.4, -0.2) is 20.4 Å². The average molecular weight is 498 g/mol. The lowest BCUT2D eigenvalue weighted by atomic mass is 10.1. The third kappa shape index (κ3) is 4.16. The van der Waals surface area contributed by atoms with Gasteiger partial charge in [0.1, 0.15) is 0 Å². The van der Waals surface area contributed by atoms with Gasteiger partial charge in [-0.05, 0) is 78.5 Å². The van der Waals surface area contributed by atoms with Gasteiger partial charge in [0, 0.05) is 57.9 Å². The number of carbonyl (C=O) groups excluding carboxylic acids is 1. The van der Waals surface area contributed by atoms with E-state index in [9.17, 15) is 9.59 Å². The average Bonchev–Trinajstić information content (AvgIpc) is 2.94. The maximum Gasteiger partial charge on any atom is 0.255 e. The summed E-state index contributed by atoms with van der Waals surface area (Å²) in [6.07, 6.45) is 6.60. The molecule has 0 saturated heterocycles. The number of amides is 1. The summed E-state index contributed by atoms with van der Waals surface area (Å²) in [4.78, 5) is 34.1. The van der Waals surface area contributed by atoms with E-state index in [0.717, 1.165) is 49.5 Å². The molecular formula is C31H23N5O2. The second kappa shape index (κ2) is 9.29. The minimum Gasteiger partial charge on any atom is -0.355 e. The van der Waals surface area contributed by atoms with Crippen molar-refractivity contribution in [1.82, 2.24) is 14.5 Å². The molecule has 7 heteroatoms. The normalized spacial score (nSPS) is 11.1. The van der Waals surface area contributed by atoms with Crippen LogP contribution in [0.1, 0.15) is 5.56 Å². The standard InChI is InChI=1S/C31H23N5O2/c1-3-29(37)35-28-16-25(9-4-19(28)2)36-30(38)11-6-21-18-33-27-10-8-24(15-26(27)31(21)36)34-23-7-5-20-12-13-32-17-22(20)14-23/h3-18,34H,1H2,2H3,(H,35,37). The molecule has 6 aromatic rings. The number of carbonyl (C=O) groups is 1. The van der Waals surface area contributed by atoms with Crippen LogP contribution in [0.4, 0.5) is 17.1 Å². The van der Waals surface area contributed by atoms with Gasteiger partial charge >= 0.3 is 0 Å². The molecule has 0 radical (unpaired) electrons. The van der Waals surface area contributed by atoms with Crippen LogP contribution < -0.4 is 16.2 Å². The molecule has 0 spiro atoms. The van der Waals surface area contributed by atoms with Crippen molar-refractivity contribution in [3.05, 3.63) is 120 Å². The molecule has 3 heterocycles. The van der Waals surface area contributed by atoms with E-state index in [1.54, 1.807) is 29.1 Å². The molecule has 1 amide bonds. The molecule has 7 nitrogen and oxygen atoms in total. The first-order valence-corrected chi connectivity index (χ1v) is 12.1. The summed E-state index contributed by atoms with van der Waals surface area (Å²) in [5.74, 6) is -0.314. The van der Waals surface area contributed by atoms with Gasteiger partial charge in [-0.3, -0.25) is 24.1 Å². The fraction of sp³-hybridized carbons (Fsp3) is 0.0323. The van der Waals surface area contributed by atoms with Crippen LogP contribution in [0.2, 0.25) is 0 Å². The van der Waals surface area contributed by atoms with Gasteiger partial charge in [-0.15, -0.1) is 0 Å². The van der Waals surface area contributed by atoms with E-state index in [4.69, 9.17) is 0 Å². The molecule has 0 bridgehead atoms. The molecule has 6 rings (SSSR count). The Morgan fingerprint density at radius 3 is 2.58 bits per heavy atom. The summed E-state index contributed by atoms with van der Waals surface area (Å²) >= 11 is 0. The third-order valence-corrected chi connectivity index (χ3v) is 6.57. The highest BCUT2D eigenvalue weighted by molar-refractivity contribution is 6.05. The largest absolute Gasteiger partial charge is 0.355 e. The van der Waals surface area contributed by atoms with Crippen molar-refractivity contribution in [1.29, 1.82) is 0 Å². The lowest BCUT2D eigenvalue weighted by Gasteiger charge is -2.16. The number of pyridine rings is 3. The number of aromatic nitrogens is 3. The number of hydrogen-bond acceptors (Lipinski definition) is 5. The number of nitrogens with one attached hydrogen (secondary N) is 2. The lowest BCUT2D eigenvalue weighted by molar-refractivity contribution is -0.111. The fourth-order valence-electron chi connectivity index (χ4n) is 4.64. The molecule has 3 aromatic heterocycles. The van der Waals surface area contributed by atoms with Crippen molar-refractivity contribution >= 4 is 55.5 Å². The Balaban J connectivity index is 1.52. The molecule has 0 aliphatic heterocycles. The molecule has 0 saturated carbocycles. The van der Waals surface area contributed by atoms with Crippen LogP contribution in [0.25, 0.3) is 38.3 Å². The third-order valence-electron chi connectivity index (χ3n) is 6.57. The molecule has 0 atom stereocenters. The molecule has 0 aliphatic rings. The van der Waals surface area contributed by atoms with Crippen molar-refractivity contribution in [2.45, 2.75) is 6.92 Å². The number of rotatable bonds is 5. The fourth-order valence-corrected chi connectivity index (χ4v) is 4.64. The molecule has 184 valence electrons. The van der Waals surface area contributed by atoms with E-state index in [-0.39, 0.29) is 11.5 Å². The molecule has 3 aromatic carbocycles. The van der Waals surface area contributed by atoms with Crippen LogP contribution in [0, 0.1) is 6.92 Å². The van der Waals surface area contributed by atoms with Gasteiger partial charge in [0.25, 0.3) is 5.56 Å². The highest BCUT2D eigenvalue weighted by atomic mass is 16.1. The number of benzene rings is 3. The summed E-state index contributed by atoms with van der Waals surface area (Å²) in [6.45, 7) is 5.42. The topological polar surface area (TPSA) is 88.9 Å². The maximum absolute atomic E-state index is 13.3. The Morgan fingerprint density at radius 1 is 0.895 bits per heavy atom. The van der Waals surface area contributed by atoms with Crippen molar-refractivity contribution in [2.75, 3.05) is 10.6 Å². The monoisotopic (exact) mass is 497 g/mol. The first kappa shape index (κ1) is 23.1. The smallest absolute Gasteiger partial charge is 0.255 e. The predicted octanol–water partition coefficient (Wildman–Crippen LogP) is 6.26. The van der Waals surface area contributed by atoms with E-state index < -0.39 is 0 Å². The molecule has 0 unspecified atom stereocenters. The van der Waals surface area contributed by atoms with Gasteiger partial charge in [-0.2, -0.15) is 0 Å². The quantitative estimate of drug-likeness (QED) is 0.217.